The number of hydrogen-bond donors (Lipinski definition) is 0. The highest BCUT2D eigenvalue weighted by molar-refractivity contribution is 7.98. The molecular weight excluding hydrogens is 362 g/mol. The van der Waals surface area contributed by atoms with Crippen LogP contribution in [0.1, 0.15) is 41.3 Å². The van der Waals surface area contributed by atoms with E-state index in [0.717, 1.165) is 39.5 Å². The summed E-state index contributed by atoms with van der Waals surface area (Å²) in [5.41, 5.74) is 3.14. The van der Waals surface area contributed by atoms with E-state index < -0.39 is 0 Å². The number of fused-ring (bicyclic) bond motifs is 3. The third-order valence-corrected chi connectivity index (χ3v) is 7.04. The fourth-order valence-corrected chi connectivity index (χ4v) is 5.75. The van der Waals surface area contributed by atoms with E-state index in [-0.39, 0.29) is 5.56 Å². The zero-order valence-corrected chi connectivity index (χ0v) is 16.3. The number of hydrogen-bond acceptors (Lipinski definition) is 5. The lowest BCUT2D eigenvalue weighted by molar-refractivity contribution is 0.633. The van der Waals surface area contributed by atoms with Crippen LogP contribution in [0.4, 0.5) is 0 Å². The summed E-state index contributed by atoms with van der Waals surface area (Å²) in [6, 6.07) is 9.71. The maximum absolute atomic E-state index is 13.1. The Labute approximate surface area is 160 Å². The van der Waals surface area contributed by atoms with Gasteiger partial charge >= 0.3 is 0 Å². The molecular formula is C20H19N3OS2. The normalized spacial score (nSPS) is 13.5. The van der Waals surface area contributed by atoms with Crippen molar-refractivity contribution in [1.82, 2.24) is 9.55 Å². The van der Waals surface area contributed by atoms with Crippen molar-refractivity contribution in [2.24, 2.45) is 0 Å². The van der Waals surface area contributed by atoms with Crippen molar-refractivity contribution in [2.75, 3.05) is 0 Å². The van der Waals surface area contributed by atoms with Gasteiger partial charge in [-0.05, 0) is 55.9 Å². The molecule has 0 saturated carbocycles. The number of thiophene rings is 1. The first kappa shape index (κ1) is 17.3. The van der Waals surface area contributed by atoms with Crippen LogP contribution in [-0.4, -0.2) is 9.55 Å². The molecule has 0 saturated heterocycles. The number of aromatic nitrogens is 2. The van der Waals surface area contributed by atoms with E-state index in [1.165, 1.54) is 23.3 Å². The van der Waals surface area contributed by atoms with Crippen LogP contribution in [0.2, 0.25) is 0 Å². The zero-order valence-electron chi connectivity index (χ0n) is 14.6. The average molecular weight is 382 g/mol. The summed E-state index contributed by atoms with van der Waals surface area (Å²) in [6.45, 7) is 2.63. The van der Waals surface area contributed by atoms with Gasteiger partial charge in [0.15, 0.2) is 5.16 Å². The Kier molecular flexibility index (Phi) is 4.84. The molecule has 2 heterocycles. The highest BCUT2D eigenvalue weighted by Crippen LogP contribution is 2.35. The van der Waals surface area contributed by atoms with Crippen molar-refractivity contribution in [3.63, 3.8) is 0 Å². The molecule has 4 nitrogen and oxygen atoms in total. The lowest BCUT2D eigenvalue weighted by atomic mass is 9.97. The summed E-state index contributed by atoms with van der Waals surface area (Å²) in [4.78, 5) is 20.2. The Morgan fingerprint density at radius 3 is 2.77 bits per heavy atom. The fraction of sp³-hybridized carbons (Fsp3) is 0.350. The molecule has 0 N–H and O–H groups in total. The first-order valence-corrected chi connectivity index (χ1v) is 10.7. The minimum Gasteiger partial charge on any atom is -0.287 e. The Balaban J connectivity index is 1.70. The Morgan fingerprint density at radius 1 is 1.27 bits per heavy atom. The minimum absolute atomic E-state index is 0.110. The predicted octanol–water partition coefficient (Wildman–Crippen LogP) is 4.52. The topological polar surface area (TPSA) is 58.7 Å². The number of thioether (sulfide) groups is 1. The molecule has 26 heavy (non-hydrogen) atoms. The van der Waals surface area contributed by atoms with Gasteiger partial charge < -0.3 is 0 Å². The second-order valence-electron chi connectivity index (χ2n) is 6.43. The monoisotopic (exact) mass is 381 g/mol. The van der Waals surface area contributed by atoms with Crippen molar-refractivity contribution in [3.05, 3.63) is 56.2 Å². The summed E-state index contributed by atoms with van der Waals surface area (Å²) < 4.78 is 1.80. The highest BCUT2D eigenvalue weighted by Gasteiger charge is 2.21. The average Bonchev–Trinajstić information content (AvgIpc) is 3.05. The van der Waals surface area contributed by atoms with Crippen molar-refractivity contribution in [1.29, 1.82) is 5.26 Å². The molecule has 0 bridgehead atoms. The Morgan fingerprint density at radius 2 is 2.04 bits per heavy atom. The molecule has 0 unspecified atom stereocenters. The van der Waals surface area contributed by atoms with Crippen molar-refractivity contribution >= 4 is 33.3 Å². The van der Waals surface area contributed by atoms with E-state index in [1.807, 2.05) is 31.2 Å². The standard InChI is InChI=1S/C20H19N3OS2/c1-2-23-19(24)17-15-5-3-4-6-16(15)26-18(17)22-20(23)25-12-14-9-7-13(11-21)8-10-14/h7-10H,2-6,12H2,1H3. The van der Waals surface area contributed by atoms with E-state index in [4.69, 9.17) is 10.2 Å². The molecule has 1 aromatic carbocycles. The van der Waals surface area contributed by atoms with Crippen molar-refractivity contribution < 1.29 is 0 Å². The molecule has 4 rings (SSSR count). The number of aryl methyl sites for hydroxylation is 2. The van der Waals surface area contributed by atoms with Gasteiger partial charge in [-0.25, -0.2) is 4.98 Å². The van der Waals surface area contributed by atoms with Crippen LogP contribution in [0.15, 0.2) is 34.2 Å². The van der Waals surface area contributed by atoms with Gasteiger partial charge in [-0.15, -0.1) is 11.3 Å². The number of nitrogens with zero attached hydrogens (tertiary/aromatic N) is 3. The van der Waals surface area contributed by atoms with Gasteiger partial charge in [0.25, 0.3) is 5.56 Å². The maximum Gasteiger partial charge on any atom is 0.263 e. The summed E-state index contributed by atoms with van der Waals surface area (Å²) in [7, 11) is 0. The fourth-order valence-electron chi connectivity index (χ4n) is 3.43. The molecule has 0 amide bonds. The molecule has 2 aromatic heterocycles. The maximum atomic E-state index is 13.1. The van der Waals surface area contributed by atoms with Crippen LogP contribution in [0.25, 0.3) is 10.2 Å². The van der Waals surface area contributed by atoms with Crippen molar-refractivity contribution in [3.8, 4) is 6.07 Å². The SMILES string of the molecule is CCn1c(SCc2ccc(C#N)cc2)nc2sc3c(c2c1=O)CCCC3. The van der Waals surface area contributed by atoms with E-state index >= 15 is 0 Å². The summed E-state index contributed by atoms with van der Waals surface area (Å²) >= 11 is 3.29. The second-order valence-corrected chi connectivity index (χ2v) is 8.46. The van der Waals surface area contributed by atoms with Crippen LogP contribution >= 0.6 is 23.1 Å². The van der Waals surface area contributed by atoms with Gasteiger partial charge in [0.1, 0.15) is 4.83 Å². The van der Waals surface area contributed by atoms with E-state index in [2.05, 4.69) is 6.07 Å². The summed E-state index contributed by atoms with van der Waals surface area (Å²) in [6.07, 6.45) is 4.46. The van der Waals surface area contributed by atoms with E-state index in [0.29, 0.717) is 12.1 Å². The van der Waals surface area contributed by atoms with Gasteiger partial charge in [-0.2, -0.15) is 5.26 Å². The first-order valence-electron chi connectivity index (χ1n) is 8.88. The molecule has 0 atom stereocenters. The molecule has 3 aromatic rings. The van der Waals surface area contributed by atoms with Crippen LogP contribution in [-0.2, 0) is 25.1 Å². The van der Waals surface area contributed by atoms with Crippen LogP contribution in [0.3, 0.4) is 0 Å². The number of rotatable bonds is 4. The van der Waals surface area contributed by atoms with Gasteiger partial charge in [0.2, 0.25) is 0 Å². The van der Waals surface area contributed by atoms with Gasteiger partial charge in [-0.3, -0.25) is 9.36 Å². The van der Waals surface area contributed by atoms with Crippen LogP contribution in [0.5, 0.6) is 0 Å². The lowest BCUT2D eigenvalue weighted by Gasteiger charge is -2.12. The molecule has 0 spiro atoms. The molecule has 0 radical (unpaired) electrons. The molecule has 0 aliphatic heterocycles. The predicted molar refractivity (Wildman–Crippen MR) is 107 cm³/mol. The largest absolute Gasteiger partial charge is 0.287 e. The quantitative estimate of drug-likeness (QED) is 0.492. The van der Waals surface area contributed by atoms with E-state index in [1.54, 1.807) is 27.7 Å². The van der Waals surface area contributed by atoms with Gasteiger partial charge in [0.05, 0.1) is 17.0 Å². The van der Waals surface area contributed by atoms with Gasteiger partial charge in [0, 0.05) is 17.2 Å². The zero-order chi connectivity index (χ0) is 18.1. The van der Waals surface area contributed by atoms with Crippen LogP contribution in [0, 0.1) is 11.3 Å². The Hall–Kier alpha value is -2.10. The summed E-state index contributed by atoms with van der Waals surface area (Å²) in [5, 5.41) is 10.5. The molecule has 6 heteroatoms. The van der Waals surface area contributed by atoms with Crippen LogP contribution < -0.4 is 5.56 Å². The van der Waals surface area contributed by atoms with Gasteiger partial charge in [-0.1, -0.05) is 23.9 Å². The number of benzene rings is 1. The lowest BCUT2D eigenvalue weighted by Crippen LogP contribution is -2.22. The molecule has 1 aliphatic carbocycles. The van der Waals surface area contributed by atoms with Crippen molar-refractivity contribution in [2.45, 2.75) is 50.1 Å². The van der Waals surface area contributed by atoms with E-state index in [9.17, 15) is 4.79 Å². The minimum atomic E-state index is 0.110. The molecule has 0 fully saturated rings. The smallest absolute Gasteiger partial charge is 0.263 e. The Bertz CT molecular complexity index is 1060. The number of nitriles is 1. The highest BCUT2D eigenvalue weighted by atomic mass is 32.2. The third kappa shape index (κ3) is 3.06. The third-order valence-electron chi connectivity index (χ3n) is 4.81. The molecule has 132 valence electrons. The first-order chi connectivity index (χ1) is 12.7. The summed E-state index contributed by atoms with van der Waals surface area (Å²) in [5.74, 6) is 0.731. The molecule has 1 aliphatic rings. The second kappa shape index (κ2) is 7.26.